The van der Waals surface area contributed by atoms with E-state index in [-0.39, 0.29) is 30.0 Å². The van der Waals surface area contributed by atoms with E-state index >= 15 is 0 Å². The summed E-state index contributed by atoms with van der Waals surface area (Å²) in [7, 11) is 3.83. The number of Topliss-reactive ketones (excluding diaryl/α,β-unsaturated/α-hetero) is 1. The fraction of sp³-hybridized carbons (Fsp3) is 0.750. The van der Waals surface area contributed by atoms with Gasteiger partial charge < -0.3 is 25.2 Å². The number of fused-ring (bicyclic) bond motifs is 7. The number of ketones is 1. The van der Waals surface area contributed by atoms with Crippen LogP contribution in [0.15, 0.2) is 36.0 Å². The van der Waals surface area contributed by atoms with Crippen LogP contribution in [0.25, 0.3) is 0 Å². The summed E-state index contributed by atoms with van der Waals surface area (Å²) in [6, 6.07) is 0. The highest BCUT2D eigenvalue weighted by atomic mass is 16.7. The van der Waals surface area contributed by atoms with Crippen molar-refractivity contribution in [2.75, 3.05) is 20.6 Å². The number of hydrogen-bond donors (Lipinski definition) is 2. The van der Waals surface area contributed by atoms with Gasteiger partial charge in [-0.25, -0.2) is 0 Å². The molecule has 4 aliphatic carbocycles. The van der Waals surface area contributed by atoms with Crippen LogP contribution in [-0.4, -0.2) is 66.1 Å². The van der Waals surface area contributed by atoms with Crippen LogP contribution in [0.1, 0.15) is 59.3 Å². The number of likely N-dealkylation sites (N-methyl/N-ethyl adjacent to an activating group) is 1. The van der Waals surface area contributed by atoms with Gasteiger partial charge in [-0.15, -0.1) is 0 Å². The molecule has 3 N–H and O–H groups in total. The molecule has 6 nitrogen and oxygen atoms in total. The third-order valence-corrected chi connectivity index (χ3v) is 10.2. The number of nitrogens with two attached hydrogens (primary N) is 1. The molecule has 0 spiro atoms. The molecule has 1 unspecified atom stereocenters. The standard InChI is InChI=1S/C28H42N2O4/c1-7-8-24-33-23-14-20-19-10-9-18-13-17(2)11-12-25(18,3)27(19,29)21(31)15-26(20,4)28(23,34-24)22(32)16-30(5)6/h11-13,19-21,23-24,31H,2,7-10,14-16,29H2,1,3-6H3/t19-,20-,21-,23+,24?,25-,26-,27-,28+/m0/s1. The molecular formula is C28H42N2O4. The fourth-order valence-corrected chi connectivity index (χ4v) is 8.51. The number of rotatable bonds is 5. The summed E-state index contributed by atoms with van der Waals surface area (Å²) in [5.41, 5.74) is 6.74. The summed E-state index contributed by atoms with van der Waals surface area (Å²) in [5.74, 6) is 0.265. The summed E-state index contributed by atoms with van der Waals surface area (Å²) in [5, 5.41) is 11.9. The summed E-state index contributed by atoms with van der Waals surface area (Å²) >= 11 is 0. The minimum absolute atomic E-state index is 0.0610. The van der Waals surface area contributed by atoms with Crippen LogP contribution >= 0.6 is 0 Å². The maximum atomic E-state index is 14.0. The highest BCUT2D eigenvalue weighted by Crippen LogP contribution is 2.70. The zero-order valence-electron chi connectivity index (χ0n) is 21.5. The van der Waals surface area contributed by atoms with E-state index in [1.807, 2.05) is 25.1 Å². The molecule has 34 heavy (non-hydrogen) atoms. The average molecular weight is 471 g/mol. The van der Waals surface area contributed by atoms with E-state index in [2.05, 4.69) is 39.5 Å². The summed E-state index contributed by atoms with van der Waals surface area (Å²) in [6.07, 6.45) is 9.60. The fourth-order valence-electron chi connectivity index (χ4n) is 8.51. The maximum absolute atomic E-state index is 14.0. The van der Waals surface area contributed by atoms with Gasteiger partial charge in [-0.3, -0.25) is 4.79 Å². The minimum Gasteiger partial charge on any atom is -0.391 e. The number of hydrogen-bond acceptors (Lipinski definition) is 6. The van der Waals surface area contributed by atoms with E-state index in [0.29, 0.717) is 13.0 Å². The highest BCUT2D eigenvalue weighted by Gasteiger charge is 2.78. The number of aliphatic hydroxyl groups excluding tert-OH is 1. The van der Waals surface area contributed by atoms with Crippen molar-refractivity contribution in [3.63, 3.8) is 0 Å². The van der Waals surface area contributed by atoms with Gasteiger partial charge in [-0.05, 0) is 63.6 Å². The van der Waals surface area contributed by atoms with Crippen LogP contribution in [0.3, 0.4) is 0 Å². The van der Waals surface area contributed by atoms with Crippen molar-refractivity contribution >= 4 is 5.78 Å². The predicted octanol–water partition coefficient (Wildman–Crippen LogP) is 3.35. The SMILES string of the molecule is C=C1C=C[C@@]2(C)C(=C1)CC[C@H]1[C@@H]3C[C@H]4OC(CCC)O[C@@]4(C(=O)CN(C)C)[C@@]3(C)C[C@H](O)[C@@]12N. The summed E-state index contributed by atoms with van der Waals surface area (Å²) in [6.45, 7) is 10.9. The lowest BCUT2D eigenvalue weighted by Gasteiger charge is -2.65. The molecule has 0 bridgehead atoms. The number of aliphatic hydroxyl groups is 1. The quantitative estimate of drug-likeness (QED) is 0.641. The van der Waals surface area contributed by atoms with Crippen LogP contribution in [0.5, 0.6) is 0 Å². The molecule has 0 radical (unpaired) electrons. The molecule has 6 heteroatoms. The van der Waals surface area contributed by atoms with Gasteiger partial charge in [0.25, 0.3) is 0 Å². The topological polar surface area (TPSA) is 85.0 Å². The van der Waals surface area contributed by atoms with Crippen molar-refractivity contribution in [1.29, 1.82) is 0 Å². The maximum Gasteiger partial charge on any atom is 0.181 e. The van der Waals surface area contributed by atoms with E-state index in [9.17, 15) is 9.90 Å². The smallest absolute Gasteiger partial charge is 0.181 e. The van der Waals surface area contributed by atoms with E-state index in [1.54, 1.807) is 0 Å². The molecule has 1 saturated heterocycles. The number of ether oxygens (including phenoxy) is 2. The van der Waals surface area contributed by atoms with Crippen LogP contribution in [-0.2, 0) is 14.3 Å². The van der Waals surface area contributed by atoms with E-state index in [1.165, 1.54) is 5.57 Å². The normalized spacial score (nSPS) is 49.4. The Kier molecular flexibility index (Phi) is 5.63. The van der Waals surface area contributed by atoms with Crippen molar-refractivity contribution in [3.8, 4) is 0 Å². The summed E-state index contributed by atoms with van der Waals surface area (Å²) in [4.78, 5) is 15.9. The Morgan fingerprint density at radius 3 is 2.74 bits per heavy atom. The first-order chi connectivity index (χ1) is 15.9. The third-order valence-electron chi connectivity index (χ3n) is 10.2. The van der Waals surface area contributed by atoms with Crippen LogP contribution in [0, 0.1) is 22.7 Å². The second kappa shape index (κ2) is 7.84. The van der Waals surface area contributed by atoms with Crippen molar-refractivity contribution in [3.05, 3.63) is 36.0 Å². The molecule has 0 amide bonds. The third kappa shape index (κ3) is 2.89. The monoisotopic (exact) mass is 470 g/mol. The second-order valence-corrected chi connectivity index (χ2v) is 12.2. The molecule has 1 heterocycles. The van der Waals surface area contributed by atoms with Gasteiger partial charge in [-0.1, -0.05) is 57.6 Å². The van der Waals surface area contributed by atoms with Crippen LogP contribution in [0.2, 0.25) is 0 Å². The lowest BCUT2D eigenvalue weighted by Crippen LogP contribution is -2.75. The Hall–Kier alpha value is -1.31. The number of allylic oxidation sites excluding steroid dienone is 3. The first-order valence-corrected chi connectivity index (χ1v) is 13.0. The number of carbonyl (C=O) groups excluding carboxylic acids is 1. The number of carbonyl (C=O) groups is 1. The first-order valence-electron chi connectivity index (χ1n) is 13.0. The summed E-state index contributed by atoms with van der Waals surface area (Å²) < 4.78 is 13.1. The van der Waals surface area contributed by atoms with E-state index < -0.39 is 28.1 Å². The Morgan fingerprint density at radius 2 is 2.06 bits per heavy atom. The van der Waals surface area contributed by atoms with Crippen molar-refractivity contribution in [1.82, 2.24) is 4.90 Å². The van der Waals surface area contributed by atoms with E-state index in [4.69, 9.17) is 15.2 Å². The second-order valence-electron chi connectivity index (χ2n) is 12.2. The molecule has 5 rings (SSSR count). The minimum atomic E-state index is -1.04. The lowest BCUT2D eigenvalue weighted by atomic mass is 9.42. The molecule has 3 saturated carbocycles. The molecule has 4 fully saturated rings. The zero-order valence-corrected chi connectivity index (χ0v) is 21.5. The molecule has 0 aromatic carbocycles. The lowest BCUT2D eigenvalue weighted by molar-refractivity contribution is -0.203. The number of nitrogens with zero attached hydrogens (tertiary/aromatic N) is 1. The van der Waals surface area contributed by atoms with Gasteiger partial charge in [-0.2, -0.15) is 0 Å². The molecule has 9 atom stereocenters. The largest absolute Gasteiger partial charge is 0.391 e. The van der Waals surface area contributed by atoms with Gasteiger partial charge in [0.1, 0.15) is 0 Å². The van der Waals surface area contributed by atoms with Gasteiger partial charge >= 0.3 is 0 Å². The first kappa shape index (κ1) is 24.4. The average Bonchev–Trinajstić information content (AvgIpc) is 3.22. The van der Waals surface area contributed by atoms with Gasteiger partial charge in [0.15, 0.2) is 17.7 Å². The van der Waals surface area contributed by atoms with Crippen molar-refractivity contribution in [2.45, 2.75) is 88.9 Å². The van der Waals surface area contributed by atoms with E-state index in [0.717, 1.165) is 37.7 Å². The van der Waals surface area contributed by atoms with Crippen LogP contribution in [0.4, 0.5) is 0 Å². The predicted molar refractivity (Wildman–Crippen MR) is 132 cm³/mol. The molecule has 1 aliphatic heterocycles. The molecule has 0 aromatic rings. The van der Waals surface area contributed by atoms with Crippen molar-refractivity contribution in [2.24, 2.45) is 28.4 Å². The Morgan fingerprint density at radius 1 is 1.32 bits per heavy atom. The van der Waals surface area contributed by atoms with Gasteiger partial charge in [0, 0.05) is 10.8 Å². The molecule has 188 valence electrons. The molecule has 5 aliphatic rings. The Balaban J connectivity index is 1.59. The molecular weight excluding hydrogens is 428 g/mol. The Labute approximate surface area is 204 Å². The van der Waals surface area contributed by atoms with Crippen molar-refractivity contribution < 1.29 is 19.4 Å². The van der Waals surface area contributed by atoms with Gasteiger partial charge in [0.05, 0.1) is 24.3 Å². The zero-order chi connectivity index (χ0) is 24.7. The molecule has 0 aromatic heterocycles. The van der Waals surface area contributed by atoms with Gasteiger partial charge in [0.2, 0.25) is 0 Å². The Bertz CT molecular complexity index is 958. The highest BCUT2D eigenvalue weighted by molar-refractivity contribution is 5.92. The van der Waals surface area contributed by atoms with Crippen LogP contribution < -0.4 is 5.73 Å².